The molecule has 0 radical (unpaired) electrons. The van der Waals surface area contributed by atoms with Crippen molar-refractivity contribution in [2.45, 2.75) is 11.9 Å². The Kier molecular flexibility index (Phi) is 4.93. The van der Waals surface area contributed by atoms with Gasteiger partial charge in [0.05, 0.1) is 25.4 Å². The monoisotopic (exact) mass is 356 g/mol. The Morgan fingerprint density at radius 2 is 2.00 bits per heavy atom. The van der Waals surface area contributed by atoms with Crippen LogP contribution in [0.2, 0.25) is 0 Å². The van der Waals surface area contributed by atoms with Gasteiger partial charge in [-0.2, -0.15) is 0 Å². The van der Waals surface area contributed by atoms with Crippen molar-refractivity contribution in [3.05, 3.63) is 29.4 Å². The van der Waals surface area contributed by atoms with Gasteiger partial charge in [-0.05, 0) is 24.6 Å². The summed E-state index contributed by atoms with van der Waals surface area (Å²) in [5, 5.41) is 1.96. The van der Waals surface area contributed by atoms with Crippen LogP contribution in [0.1, 0.15) is 4.88 Å². The summed E-state index contributed by atoms with van der Waals surface area (Å²) >= 11 is 3.21. The molecule has 0 spiro atoms. The highest BCUT2D eigenvalue weighted by atomic mass is 32.2. The first kappa shape index (κ1) is 16.6. The van der Waals surface area contributed by atoms with E-state index in [9.17, 15) is 0 Å². The summed E-state index contributed by atoms with van der Waals surface area (Å²) in [5.74, 6) is 4.63. The number of thiophene rings is 1. The van der Waals surface area contributed by atoms with E-state index < -0.39 is 0 Å². The fourth-order valence-electron chi connectivity index (χ4n) is 2.58. The second-order valence-electron chi connectivity index (χ2n) is 4.95. The number of ether oxygens (including phenoxy) is 2. The molecule has 3 rings (SSSR count). The number of methoxy groups -OCH3 is 2. The number of aryl methyl sites for hydroxylation is 1. The minimum absolute atomic E-state index is 0.576. The average molecular weight is 356 g/mol. The standard InChI is InChI=1S/C18H16N2O2S2/c1-5-8-23-17-16-15(11(2)24-18(16)20-10-19-17)12-6-7-13(21-3)14(9-12)22-4/h1,6-7,9-10H,8H2,2-4H3. The molecule has 0 N–H and O–H groups in total. The maximum atomic E-state index is 5.44. The normalized spacial score (nSPS) is 10.6. The molecule has 2 aromatic heterocycles. The van der Waals surface area contributed by atoms with E-state index in [4.69, 9.17) is 15.9 Å². The Morgan fingerprint density at radius 3 is 2.71 bits per heavy atom. The molecule has 122 valence electrons. The lowest BCUT2D eigenvalue weighted by molar-refractivity contribution is 0.355. The van der Waals surface area contributed by atoms with Crippen molar-refractivity contribution in [3.8, 4) is 35.0 Å². The molecule has 6 heteroatoms. The predicted octanol–water partition coefficient (Wildman–Crippen LogP) is 4.41. The third-order valence-electron chi connectivity index (χ3n) is 3.59. The first-order valence-electron chi connectivity index (χ1n) is 7.22. The number of fused-ring (bicyclic) bond motifs is 1. The molecular formula is C18H16N2O2S2. The lowest BCUT2D eigenvalue weighted by Crippen LogP contribution is -1.92. The Balaban J connectivity index is 2.22. The minimum Gasteiger partial charge on any atom is -0.493 e. The maximum Gasteiger partial charge on any atom is 0.161 e. The molecule has 3 aromatic rings. The number of hydrogen-bond acceptors (Lipinski definition) is 6. The van der Waals surface area contributed by atoms with E-state index in [0.717, 1.165) is 26.4 Å². The fraction of sp³-hybridized carbons (Fsp3) is 0.222. The molecule has 0 unspecified atom stereocenters. The van der Waals surface area contributed by atoms with E-state index in [1.54, 1.807) is 43.6 Å². The topological polar surface area (TPSA) is 44.2 Å². The van der Waals surface area contributed by atoms with Gasteiger partial charge in [-0.25, -0.2) is 9.97 Å². The molecule has 0 fully saturated rings. The Bertz CT molecular complexity index is 929. The van der Waals surface area contributed by atoms with Crippen LogP contribution < -0.4 is 9.47 Å². The van der Waals surface area contributed by atoms with Crippen molar-refractivity contribution in [2.75, 3.05) is 20.0 Å². The lowest BCUT2D eigenvalue weighted by Gasteiger charge is -2.10. The summed E-state index contributed by atoms with van der Waals surface area (Å²) in [6.07, 6.45) is 7.00. The molecule has 1 aromatic carbocycles. The van der Waals surface area contributed by atoms with Gasteiger partial charge in [-0.3, -0.25) is 0 Å². The quantitative estimate of drug-likeness (QED) is 0.385. The van der Waals surface area contributed by atoms with E-state index in [-0.39, 0.29) is 0 Å². The second-order valence-corrected chi connectivity index (χ2v) is 7.12. The maximum absolute atomic E-state index is 5.44. The number of thioether (sulfide) groups is 1. The fourth-order valence-corrected chi connectivity index (χ4v) is 4.34. The second kappa shape index (κ2) is 7.12. The molecule has 0 atom stereocenters. The summed E-state index contributed by atoms with van der Waals surface area (Å²) in [7, 11) is 3.27. The lowest BCUT2D eigenvalue weighted by atomic mass is 10.0. The van der Waals surface area contributed by atoms with Crippen molar-refractivity contribution in [1.29, 1.82) is 0 Å². The molecule has 0 saturated heterocycles. The van der Waals surface area contributed by atoms with Gasteiger partial charge in [-0.1, -0.05) is 23.7 Å². The van der Waals surface area contributed by atoms with Crippen LogP contribution >= 0.6 is 23.1 Å². The summed E-state index contributed by atoms with van der Waals surface area (Å²) in [4.78, 5) is 11.0. The van der Waals surface area contributed by atoms with E-state index in [2.05, 4.69) is 22.8 Å². The molecule has 4 nitrogen and oxygen atoms in total. The van der Waals surface area contributed by atoms with Crippen LogP contribution in [0.25, 0.3) is 21.3 Å². The molecule has 2 heterocycles. The largest absolute Gasteiger partial charge is 0.493 e. The van der Waals surface area contributed by atoms with Gasteiger partial charge in [0.15, 0.2) is 11.5 Å². The third-order valence-corrected chi connectivity index (χ3v) is 5.50. The highest BCUT2D eigenvalue weighted by Gasteiger charge is 2.18. The van der Waals surface area contributed by atoms with Crippen LogP contribution in [-0.4, -0.2) is 29.9 Å². The van der Waals surface area contributed by atoms with E-state index in [0.29, 0.717) is 17.3 Å². The van der Waals surface area contributed by atoms with Gasteiger partial charge in [0, 0.05) is 10.4 Å². The van der Waals surface area contributed by atoms with Crippen molar-refractivity contribution >= 4 is 33.3 Å². The Labute approximate surface area is 149 Å². The highest BCUT2D eigenvalue weighted by molar-refractivity contribution is 7.99. The smallest absolute Gasteiger partial charge is 0.161 e. The van der Waals surface area contributed by atoms with Gasteiger partial charge in [0.1, 0.15) is 16.2 Å². The predicted molar refractivity (Wildman–Crippen MR) is 100 cm³/mol. The van der Waals surface area contributed by atoms with E-state index in [1.165, 1.54) is 4.88 Å². The molecule has 0 bridgehead atoms. The zero-order valence-corrected chi connectivity index (χ0v) is 15.3. The van der Waals surface area contributed by atoms with Gasteiger partial charge >= 0.3 is 0 Å². The molecule has 0 aliphatic heterocycles. The molecule has 24 heavy (non-hydrogen) atoms. The first-order chi connectivity index (χ1) is 11.7. The number of hydrogen-bond donors (Lipinski definition) is 0. The van der Waals surface area contributed by atoms with Crippen LogP contribution in [0, 0.1) is 19.3 Å². The summed E-state index contributed by atoms with van der Waals surface area (Å²) in [6, 6.07) is 5.92. The molecular weight excluding hydrogens is 340 g/mol. The van der Waals surface area contributed by atoms with Crippen molar-refractivity contribution in [3.63, 3.8) is 0 Å². The first-order valence-corrected chi connectivity index (χ1v) is 9.02. The minimum atomic E-state index is 0.576. The molecule has 0 saturated carbocycles. The van der Waals surface area contributed by atoms with Crippen LogP contribution in [0.5, 0.6) is 11.5 Å². The number of terminal acetylenes is 1. The van der Waals surface area contributed by atoms with Crippen LogP contribution in [-0.2, 0) is 0 Å². The van der Waals surface area contributed by atoms with Gasteiger partial charge in [0.2, 0.25) is 0 Å². The van der Waals surface area contributed by atoms with Crippen molar-refractivity contribution in [2.24, 2.45) is 0 Å². The highest BCUT2D eigenvalue weighted by Crippen LogP contribution is 2.43. The number of aromatic nitrogens is 2. The summed E-state index contributed by atoms with van der Waals surface area (Å²) in [5.41, 5.74) is 2.17. The van der Waals surface area contributed by atoms with E-state index >= 15 is 0 Å². The number of benzene rings is 1. The van der Waals surface area contributed by atoms with Gasteiger partial charge < -0.3 is 9.47 Å². The summed E-state index contributed by atoms with van der Waals surface area (Å²) < 4.78 is 10.8. The SMILES string of the molecule is C#CCSc1ncnc2sc(C)c(-c3ccc(OC)c(OC)c3)c12. The average Bonchev–Trinajstić information content (AvgIpc) is 2.95. The molecule has 0 aliphatic rings. The van der Waals surface area contributed by atoms with Crippen LogP contribution in [0.15, 0.2) is 29.6 Å². The summed E-state index contributed by atoms with van der Waals surface area (Å²) in [6.45, 7) is 2.09. The van der Waals surface area contributed by atoms with Crippen LogP contribution in [0.4, 0.5) is 0 Å². The zero-order valence-electron chi connectivity index (χ0n) is 13.6. The number of nitrogens with zero attached hydrogens (tertiary/aromatic N) is 2. The number of rotatable bonds is 5. The molecule has 0 amide bonds. The van der Waals surface area contributed by atoms with E-state index in [1.807, 2.05) is 18.2 Å². The van der Waals surface area contributed by atoms with Gasteiger partial charge in [0.25, 0.3) is 0 Å². The Hall–Kier alpha value is -2.23. The van der Waals surface area contributed by atoms with Crippen molar-refractivity contribution in [1.82, 2.24) is 9.97 Å². The zero-order chi connectivity index (χ0) is 17.1. The Morgan fingerprint density at radius 1 is 1.21 bits per heavy atom. The molecule has 0 aliphatic carbocycles. The third kappa shape index (κ3) is 2.93. The van der Waals surface area contributed by atoms with Gasteiger partial charge in [-0.15, -0.1) is 17.8 Å². The van der Waals surface area contributed by atoms with Crippen LogP contribution in [0.3, 0.4) is 0 Å². The van der Waals surface area contributed by atoms with Crippen molar-refractivity contribution < 1.29 is 9.47 Å².